The van der Waals surface area contributed by atoms with E-state index in [1.807, 2.05) is 13.8 Å². The molecule has 0 amide bonds. The van der Waals surface area contributed by atoms with Gasteiger partial charge in [0.25, 0.3) is 5.56 Å². The molecule has 0 bridgehead atoms. The first kappa shape index (κ1) is 24.5. The van der Waals surface area contributed by atoms with Crippen molar-refractivity contribution in [2.75, 3.05) is 26.9 Å². The molecule has 3 rings (SSSR count). The highest BCUT2D eigenvalue weighted by Crippen LogP contribution is 2.17. The molecule has 1 unspecified atom stereocenters. The summed E-state index contributed by atoms with van der Waals surface area (Å²) in [5, 5.41) is 10.6. The second kappa shape index (κ2) is 11.7. The molecule has 180 valence electrons. The normalized spacial score (nSPS) is 12.2. The summed E-state index contributed by atoms with van der Waals surface area (Å²) in [6.45, 7) is 5.50. The Bertz CT molecular complexity index is 1150. The lowest BCUT2D eigenvalue weighted by Gasteiger charge is -2.16. The molecule has 1 atom stereocenters. The Morgan fingerprint density at radius 2 is 1.73 bits per heavy atom. The molecule has 33 heavy (non-hydrogen) atoms. The second-order valence-electron chi connectivity index (χ2n) is 7.68. The number of methoxy groups -OCH3 is 1. The Labute approximate surface area is 192 Å². The zero-order valence-corrected chi connectivity index (χ0v) is 19.4. The van der Waals surface area contributed by atoms with Gasteiger partial charge in [0, 0.05) is 20.2 Å². The number of aliphatic hydroxyl groups is 1. The van der Waals surface area contributed by atoms with Crippen molar-refractivity contribution in [1.29, 1.82) is 0 Å². The minimum Gasteiger partial charge on any atom is -0.494 e. The Hall–Kier alpha value is -3.11. The van der Waals surface area contributed by atoms with Crippen LogP contribution in [0.2, 0.25) is 0 Å². The zero-order valence-electron chi connectivity index (χ0n) is 19.4. The van der Waals surface area contributed by atoms with Crippen molar-refractivity contribution in [1.82, 2.24) is 18.7 Å². The molecule has 3 aromatic rings. The molecule has 1 aromatic carbocycles. The predicted octanol–water partition coefficient (Wildman–Crippen LogP) is 1.64. The fourth-order valence-electron chi connectivity index (χ4n) is 3.53. The number of aliphatic hydroxyl groups excluding tert-OH is 1. The molecule has 2 aromatic heterocycles. The van der Waals surface area contributed by atoms with Gasteiger partial charge in [-0.05, 0) is 37.6 Å². The number of aryl methyl sites for hydroxylation is 1. The van der Waals surface area contributed by atoms with E-state index in [1.54, 1.807) is 42.3 Å². The molecular weight excluding hydrogens is 428 g/mol. The van der Waals surface area contributed by atoms with E-state index >= 15 is 0 Å². The molecule has 0 aliphatic carbocycles. The number of hydrogen-bond donors (Lipinski definition) is 1. The Kier molecular flexibility index (Phi) is 8.67. The topological polar surface area (TPSA) is 110 Å². The average molecular weight is 461 g/mol. The summed E-state index contributed by atoms with van der Waals surface area (Å²) < 4.78 is 20.4. The smallest absolute Gasteiger partial charge is 0.332 e. The monoisotopic (exact) mass is 460 g/mol. The first-order valence-electron chi connectivity index (χ1n) is 11.2. The van der Waals surface area contributed by atoms with Crippen LogP contribution < -0.4 is 20.7 Å². The zero-order chi connectivity index (χ0) is 23.8. The van der Waals surface area contributed by atoms with Crippen LogP contribution in [0.25, 0.3) is 11.2 Å². The Morgan fingerprint density at radius 3 is 2.36 bits per heavy atom. The lowest BCUT2D eigenvalue weighted by atomic mass is 10.3. The largest absolute Gasteiger partial charge is 0.494 e. The van der Waals surface area contributed by atoms with Gasteiger partial charge in [-0.3, -0.25) is 13.9 Å². The Balaban J connectivity index is 1.84. The number of nitrogens with zero attached hydrogens (tertiary/aromatic N) is 4. The summed E-state index contributed by atoms with van der Waals surface area (Å²) in [5.41, 5.74) is -0.303. The predicted molar refractivity (Wildman–Crippen MR) is 124 cm³/mol. The van der Waals surface area contributed by atoms with Crippen molar-refractivity contribution < 1.29 is 19.3 Å². The van der Waals surface area contributed by atoms with Crippen molar-refractivity contribution in [2.45, 2.75) is 52.4 Å². The standard InChI is InChI=1S/C23H32N4O6/c1-4-6-11-26-21-20(25(16-24-21)12-13-31-3)22(29)27(23(26)30)14-17(28)15-33-19-9-7-18(8-10-19)32-5-2/h7-10,16-17,28H,4-6,11-15H2,1-3H3. The van der Waals surface area contributed by atoms with Crippen LogP contribution in [-0.4, -0.2) is 56.8 Å². The number of ether oxygens (including phenoxy) is 3. The molecule has 1 N–H and O–H groups in total. The van der Waals surface area contributed by atoms with Gasteiger partial charge in [0.1, 0.15) is 24.2 Å². The number of fused-ring (bicyclic) bond motifs is 1. The van der Waals surface area contributed by atoms with Gasteiger partial charge < -0.3 is 23.9 Å². The van der Waals surface area contributed by atoms with E-state index < -0.39 is 17.4 Å². The van der Waals surface area contributed by atoms with Crippen molar-refractivity contribution in [3.63, 3.8) is 0 Å². The molecular formula is C23H32N4O6. The summed E-state index contributed by atoms with van der Waals surface area (Å²) in [5.74, 6) is 1.28. The molecule has 0 aliphatic rings. The summed E-state index contributed by atoms with van der Waals surface area (Å²) in [7, 11) is 1.58. The van der Waals surface area contributed by atoms with Crippen molar-refractivity contribution in [3.8, 4) is 11.5 Å². The van der Waals surface area contributed by atoms with Crippen LogP contribution in [-0.2, 0) is 24.4 Å². The number of imidazole rings is 1. The summed E-state index contributed by atoms with van der Waals surface area (Å²) in [4.78, 5) is 30.7. The van der Waals surface area contributed by atoms with Crippen LogP contribution in [0, 0.1) is 0 Å². The molecule has 0 saturated heterocycles. The first-order chi connectivity index (χ1) is 16.0. The van der Waals surface area contributed by atoms with Crippen molar-refractivity contribution >= 4 is 11.2 Å². The molecule has 2 heterocycles. The summed E-state index contributed by atoms with van der Waals surface area (Å²) >= 11 is 0. The van der Waals surface area contributed by atoms with Crippen LogP contribution in [0.4, 0.5) is 0 Å². The maximum atomic E-state index is 13.2. The van der Waals surface area contributed by atoms with E-state index in [1.165, 1.54) is 4.57 Å². The van der Waals surface area contributed by atoms with Crippen LogP contribution in [0.1, 0.15) is 26.7 Å². The number of benzene rings is 1. The minimum absolute atomic E-state index is 0.0736. The third-order valence-electron chi connectivity index (χ3n) is 5.23. The van der Waals surface area contributed by atoms with E-state index in [0.29, 0.717) is 43.2 Å². The van der Waals surface area contributed by atoms with Crippen molar-refractivity contribution in [2.24, 2.45) is 0 Å². The highest BCUT2D eigenvalue weighted by molar-refractivity contribution is 5.70. The summed E-state index contributed by atoms with van der Waals surface area (Å²) in [6, 6.07) is 7.03. The fraction of sp³-hybridized carbons (Fsp3) is 0.522. The maximum Gasteiger partial charge on any atom is 0.332 e. The number of rotatable bonds is 13. The van der Waals surface area contributed by atoms with Crippen LogP contribution >= 0.6 is 0 Å². The highest BCUT2D eigenvalue weighted by Gasteiger charge is 2.20. The van der Waals surface area contributed by atoms with Gasteiger partial charge in [-0.1, -0.05) is 13.3 Å². The molecule has 0 aliphatic heterocycles. The third-order valence-corrected chi connectivity index (χ3v) is 5.23. The highest BCUT2D eigenvalue weighted by atomic mass is 16.5. The van der Waals surface area contributed by atoms with Gasteiger partial charge in [0.15, 0.2) is 11.2 Å². The Morgan fingerprint density at radius 1 is 1.03 bits per heavy atom. The molecule has 0 radical (unpaired) electrons. The van der Waals surface area contributed by atoms with Crippen molar-refractivity contribution in [3.05, 3.63) is 51.4 Å². The molecule has 10 nitrogen and oxygen atoms in total. The molecule has 0 saturated carbocycles. The SMILES string of the molecule is CCCCn1c(=O)n(CC(O)COc2ccc(OCC)cc2)c(=O)c2c1ncn2CCOC. The lowest BCUT2D eigenvalue weighted by molar-refractivity contribution is 0.0901. The second-order valence-corrected chi connectivity index (χ2v) is 7.68. The van der Waals surface area contributed by atoms with Crippen LogP contribution in [0.15, 0.2) is 40.2 Å². The minimum atomic E-state index is -1.06. The van der Waals surface area contributed by atoms with E-state index in [4.69, 9.17) is 14.2 Å². The van der Waals surface area contributed by atoms with Crippen LogP contribution in [0.5, 0.6) is 11.5 Å². The molecule has 0 spiro atoms. The van der Waals surface area contributed by atoms with Gasteiger partial charge in [-0.15, -0.1) is 0 Å². The van der Waals surface area contributed by atoms with E-state index in [0.717, 1.165) is 23.2 Å². The van der Waals surface area contributed by atoms with Gasteiger partial charge in [-0.25, -0.2) is 9.78 Å². The van der Waals surface area contributed by atoms with E-state index in [2.05, 4.69) is 4.98 Å². The average Bonchev–Trinajstić information content (AvgIpc) is 3.24. The van der Waals surface area contributed by atoms with Gasteiger partial charge in [-0.2, -0.15) is 0 Å². The third kappa shape index (κ3) is 5.82. The van der Waals surface area contributed by atoms with Crippen LogP contribution in [0.3, 0.4) is 0 Å². The van der Waals surface area contributed by atoms with Gasteiger partial charge >= 0.3 is 5.69 Å². The maximum absolute atomic E-state index is 13.2. The lowest BCUT2D eigenvalue weighted by Crippen LogP contribution is -2.44. The first-order valence-corrected chi connectivity index (χ1v) is 11.2. The van der Waals surface area contributed by atoms with E-state index in [9.17, 15) is 14.7 Å². The number of hydrogen-bond acceptors (Lipinski definition) is 7. The summed E-state index contributed by atoms with van der Waals surface area (Å²) in [6.07, 6.45) is 2.13. The van der Waals surface area contributed by atoms with Gasteiger partial charge in [0.2, 0.25) is 0 Å². The molecule has 0 fully saturated rings. The van der Waals surface area contributed by atoms with Gasteiger partial charge in [0.05, 0.1) is 26.1 Å². The fourth-order valence-corrected chi connectivity index (χ4v) is 3.53. The molecule has 10 heteroatoms. The van der Waals surface area contributed by atoms with E-state index in [-0.39, 0.29) is 13.2 Å². The number of aromatic nitrogens is 4. The number of unbranched alkanes of at least 4 members (excludes halogenated alkanes) is 1. The quantitative estimate of drug-likeness (QED) is 0.413.